The zero-order valence-electron chi connectivity index (χ0n) is 21.3. The molecule has 12 heteroatoms. The summed E-state index contributed by atoms with van der Waals surface area (Å²) < 4.78 is 39.9. The van der Waals surface area contributed by atoms with Gasteiger partial charge in [0.25, 0.3) is 0 Å². The third-order valence-corrected chi connectivity index (χ3v) is 8.10. The Morgan fingerprint density at radius 2 is 1.89 bits per heavy atom. The fourth-order valence-electron chi connectivity index (χ4n) is 4.63. The highest BCUT2D eigenvalue weighted by Crippen LogP contribution is 2.33. The summed E-state index contributed by atoms with van der Waals surface area (Å²) in [7, 11) is 0. The van der Waals surface area contributed by atoms with Crippen LogP contribution >= 0.6 is 11.3 Å². The summed E-state index contributed by atoms with van der Waals surface area (Å²) >= 11 is 1.60. The minimum absolute atomic E-state index is 0.213. The second-order valence-electron chi connectivity index (χ2n) is 9.56. The summed E-state index contributed by atoms with van der Waals surface area (Å²) in [6.45, 7) is 5.91. The van der Waals surface area contributed by atoms with Gasteiger partial charge in [-0.05, 0) is 50.3 Å². The van der Waals surface area contributed by atoms with E-state index in [1.54, 1.807) is 16.2 Å². The van der Waals surface area contributed by atoms with Gasteiger partial charge in [0.2, 0.25) is 5.91 Å². The lowest BCUT2D eigenvalue weighted by atomic mass is 10.0. The van der Waals surface area contributed by atoms with Crippen molar-refractivity contribution in [3.8, 4) is 0 Å². The number of aryl methyl sites for hydroxylation is 3. The Labute approximate surface area is 222 Å². The van der Waals surface area contributed by atoms with Gasteiger partial charge in [-0.1, -0.05) is 40.8 Å². The van der Waals surface area contributed by atoms with Crippen molar-refractivity contribution in [2.24, 2.45) is 5.16 Å². The molecule has 0 spiro atoms. The first-order chi connectivity index (χ1) is 18.2. The SMILES string of the molecule is Cc1ccccc1CON=C1CCCc2nc(N3CCN(C(=O)Cn4nc(C(F)(F)F)cc4C)CC3)sc21. The summed E-state index contributed by atoms with van der Waals surface area (Å²) in [6, 6.07) is 9.03. The molecule has 2 aliphatic rings. The smallest absolute Gasteiger partial charge is 0.391 e. The van der Waals surface area contributed by atoms with E-state index in [-0.39, 0.29) is 12.5 Å². The number of alkyl halides is 3. The van der Waals surface area contributed by atoms with Crippen LogP contribution in [0.4, 0.5) is 18.3 Å². The maximum Gasteiger partial charge on any atom is 0.435 e. The molecule has 1 aromatic carbocycles. The van der Waals surface area contributed by atoms with Crippen LogP contribution in [-0.4, -0.2) is 57.5 Å². The molecule has 8 nitrogen and oxygen atoms in total. The number of carbonyl (C=O) groups is 1. The molecular formula is C26H29F3N6O2S. The maximum atomic E-state index is 12.9. The molecule has 1 saturated heterocycles. The Hall–Kier alpha value is -3.41. The molecular weight excluding hydrogens is 517 g/mol. The maximum absolute atomic E-state index is 12.9. The third kappa shape index (κ3) is 5.69. The van der Waals surface area contributed by atoms with Crippen molar-refractivity contribution < 1.29 is 22.8 Å². The van der Waals surface area contributed by atoms with Crippen LogP contribution in [0, 0.1) is 13.8 Å². The number of amides is 1. The number of benzene rings is 1. The summed E-state index contributed by atoms with van der Waals surface area (Å²) in [5.41, 5.74) is 3.55. The lowest BCUT2D eigenvalue weighted by Gasteiger charge is -2.34. The van der Waals surface area contributed by atoms with E-state index in [0.29, 0.717) is 38.5 Å². The fraction of sp³-hybridized carbons (Fsp3) is 0.462. The van der Waals surface area contributed by atoms with E-state index in [2.05, 4.69) is 28.1 Å². The van der Waals surface area contributed by atoms with Gasteiger partial charge in [-0.2, -0.15) is 18.3 Å². The van der Waals surface area contributed by atoms with Gasteiger partial charge in [-0.3, -0.25) is 9.48 Å². The van der Waals surface area contributed by atoms with Crippen molar-refractivity contribution in [2.45, 2.75) is 52.4 Å². The fourth-order valence-corrected chi connectivity index (χ4v) is 5.80. The number of anilines is 1. The van der Waals surface area contributed by atoms with Gasteiger partial charge in [0.15, 0.2) is 10.8 Å². The number of halogens is 3. The standard InChI is InChI=1S/C26H29F3N6O2S/c1-17-6-3-4-7-19(17)16-37-32-21-9-5-8-20-24(21)38-25(30-20)34-12-10-33(11-13-34)23(36)15-35-18(2)14-22(31-35)26(27,28)29/h3-4,6-7,14H,5,8-13,15-16H2,1-2H3. The minimum Gasteiger partial charge on any atom is -0.391 e. The highest BCUT2D eigenvalue weighted by Gasteiger charge is 2.35. The molecule has 3 aromatic rings. The van der Waals surface area contributed by atoms with Gasteiger partial charge in [-0.25, -0.2) is 4.98 Å². The number of nitrogens with zero attached hydrogens (tertiary/aromatic N) is 6. The number of fused-ring (bicyclic) bond motifs is 1. The molecule has 1 aliphatic heterocycles. The summed E-state index contributed by atoms with van der Waals surface area (Å²) in [6.07, 6.45) is -1.83. The monoisotopic (exact) mass is 546 g/mol. The van der Waals surface area contributed by atoms with Gasteiger partial charge in [0.1, 0.15) is 13.2 Å². The predicted octanol–water partition coefficient (Wildman–Crippen LogP) is 4.58. The van der Waals surface area contributed by atoms with Crippen LogP contribution in [0.1, 0.15) is 45.9 Å². The molecule has 202 valence electrons. The number of carbonyl (C=O) groups excluding carboxylic acids is 1. The summed E-state index contributed by atoms with van der Waals surface area (Å²) in [4.78, 5) is 28.2. The molecule has 3 heterocycles. The van der Waals surface area contributed by atoms with E-state index >= 15 is 0 Å². The molecule has 0 saturated carbocycles. The first kappa shape index (κ1) is 26.2. The van der Waals surface area contributed by atoms with Crippen molar-refractivity contribution in [1.29, 1.82) is 0 Å². The Morgan fingerprint density at radius 3 is 2.61 bits per heavy atom. The Bertz CT molecular complexity index is 1340. The molecule has 0 atom stereocenters. The molecule has 1 aliphatic carbocycles. The van der Waals surface area contributed by atoms with Crippen LogP contribution in [0.2, 0.25) is 0 Å². The van der Waals surface area contributed by atoms with Crippen LogP contribution in [0.5, 0.6) is 0 Å². The van der Waals surface area contributed by atoms with Crippen LogP contribution in [0.3, 0.4) is 0 Å². The van der Waals surface area contributed by atoms with Crippen LogP contribution in [-0.2, 0) is 35.4 Å². The zero-order chi connectivity index (χ0) is 26.9. The molecule has 0 unspecified atom stereocenters. The number of thiazole rings is 1. The Morgan fingerprint density at radius 1 is 1.13 bits per heavy atom. The summed E-state index contributed by atoms with van der Waals surface area (Å²) in [5.74, 6) is -0.247. The van der Waals surface area contributed by atoms with E-state index in [1.165, 1.54) is 12.5 Å². The molecule has 0 bridgehead atoms. The predicted molar refractivity (Wildman–Crippen MR) is 138 cm³/mol. The van der Waals surface area contributed by atoms with Gasteiger partial charge >= 0.3 is 6.18 Å². The van der Waals surface area contributed by atoms with E-state index in [4.69, 9.17) is 9.82 Å². The largest absolute Gasteiger partial charge is 0.435 e. The van der Waals surface area contributed by atoms with Gasteiger partial charge in [-0.15, -0.1) is 0 Å². The quantitative estimate of drug-likeness (QED) is 0.423. The van der Waals surface area contributed by atoms with Crippen molar-refractivity contribution in [1.82, 2.24) is 19.7 Å². The second-order valence-corrected chi connectivity index (χ2v) is 10.5. The molecule has 38 heavy (non-hydrogen) atoms. The van der Waals surface area contributed by atoms with Gasteiger partial charge in [0.05, 0.1) is 16.3 Å². The van der Waals surface area contributed by atoms with Crippen molar-refractivity contribution in [3.63, 3.8) is 0 Å². The number of piperazine rings is 1. The normalized spacial score (nSPS) is 17.1. The number of rotatable bonds is 6. The molecule has 2 aromatic heterocycles. The highest BCUT2D eigenvalue weighted by molar-refractivity contribution is 7.17. The van der Waals surface area contributed by atoms with Gasteiger partial charge < -0.3 is 14.6 Å². The average Bonchev–Trinajstić information content (AvgIpc) is 3.49. The number of aromatic nitrogens is 3. The number of hydrogen-bond donors (Lipinski definition) is 0. The zero-order valence-corrected chi connectivity index (χ0v) is 22.1. The minimum atomic E-state index is -4.53. The van der Waals surface area contributed by atoms with Crippen LogP contribution in [0.25, 0.3) is 0 Å². The van der Waals surface area contributed by atoms with Crippen LogP contribution in [0.15, 0.2) is 35.5 Å². The molecule has 1 amide bonds. The number of oxime groups is 1. The third-order valence-electron chi connectivity index (χ3n) is 6.89. The second kappa shape index (κ2) is 10.8. The molecule has 5 rings (SSSR count). The van der Waals surface area contributed by atoms with E-state index in [0.717, 1.165) is 57.0 Å². The molecule has 0 radical (unpaired) electrons. The van der Waals surface area contributed by atoms with Crippen molar-refractivity contribution >= 4 is 28.1 Å². The molecule has 0 N–H and O–H groups in total. The van der Waals surface area contributed by atoms with Crippen LogP contribution < -0.4 is 4.90 Å². The van der Waals surface area contributed by atoms with Crippen molar-refractivity contribution in [2.75, 3.05) is 31.1 Å². The first-order valence-corrected chi connectivity index (χ1v) is 13.4. The lowest BCUT2D eigenvalue weighted by Crippen LogP contribution is -2.49. The van der Waals surface area contributed by atoms with Gasteiger partial charge in [0, 0.05) is 31.9 Å². The lowest BCUT2D eigenvalue weighted by molar-refractivity contribution is -0.142. The van der Waals surface area contributed by atoms with E-state index in [1.807, 2.05) is 18.2 Å². The topological polar surface area (TPSA) is 75.9 Å². The number of hydrogen-bond acceptors (Lipinski definition) is 7. The average molecular weight is 547 g/mol. The van der Waals surface area contributed by atoms with Crippen molar-refractivity contribution in [3.05, 3.63) is 63.4 Å². The summed E-state index contributed by atoms with van der Waals surface area (Å²) in [5, 5.41) is 8.92. The molecule has 1 fully saturated rings. The van der Waals surface area contributed by atoms with E-state index in [9.17, 15) is 18.0 Å². The Balaban J connectivity index is 1.19. The van der Waals surface area contributed by atoms with E-state index < -0.39 is 11.9 Å². The first-order valence-electron chi connectivity index (χ1n) is 12.6. The highest BCUT2D eigenvalue weighted by atomic mass is 32.1. The Kier molecular flexibility index (Phi) is 7.42.